The van der Waals surface area contributed by atoms with Gasteiger partial charge in [0.1, 0.15) is 6.61 Å². The van der Waals surface area contributed by atoms with E-state index in [1.165, 1.54) is 13.2 Å². The number of hydrogen-bond donors (Lipinski definition) is 0. The zero-order chi connectivity index (χ0) is 15.7. The van der Waals surface area contributed by atoms with Crippen molar-refractivity contribution in [3.8, 4) is 0 Å². The van der Waals surface area contributed by atoms with Gasteiger partial charge < -0.3 is 9.47 Å². The average Bonchev–Trinajstić information content (AvgIpc) is 2.51. The van der Waals surface area contributed by atoms with Crippen LogP contribution in [-0.2, 0) is 20.7 Å². The van der Waals surface area contributed by atoms with E-state index in [4.69, 9.17) is 9.47 Å². The Morgan fingerprint density at radius 3 is 2.43 bits per heavy atom. The second kappa shape index (κ2) is 8.59. The molecule has 1 rings (SSSR count). The lowest BCUT2D eigenvalue weighted by Gasteiger charge is -2.14. The Bertz CT molecular complexity index is 553. The summed E-state index contributed by atoms with van der Waals surface area (Å²) >= 11 is 0. The fourth-order valence-electron chi connectivity index (χ4n) is 1.75. The molecule has 0 radical (unpaired) electrons. The van der Waals surface area contributed by atoms with Crippen molar-refractivity contribution in [2.24, 2.45) is 0 Å². The Labute approximate surface area is 125 Å². The van der Waals surface area contributed by atoms with Crippen LogP contribution in [0.2, 0.25) is 0 Å². The van der Waals surface area contributed by atoms with Crippen LogP contribution in [-0.4, -0.2) is 19.5 Å². The first-order chi connectivity index (χ1) is 10.1. The number of allylic oxidation sites excluding steroid dienone is 2. The predicted molar refractivity (Wildman–Crippen MR) is 84.7 cm³/mol. The number of rotatable bonds is 9. The fraction of sp³-hybridized carbons (Fsp3) is 0.167. The standard InChI is InChI=1S/C18H20O3/c1-5-12-21-18(14(3)20-4)16(6-2)17(19)13-15-10-8-7-9-11-15/h5-11H,1-3,12-13H2,4H3/b18-16-. The van der Waals surface area contributed by atoms with Crippen molar-refractivity contribution in [1.29, 1.82) is 0 Å². The van der Waals surface area contributed by atoms with E-state index in [1.54, 1.807) is 6.08 Å². The molecule has 0 unspecified atom stereocenters. The largest absolute Gasteiger partial charge is 0.493 e. The molecule has 0 spiro atoms. The highest BCUT2D eigenvalue weighted by Crippen LogP contribution is 2.19. The predicted octanol–water partition coefficient (Wildman–Crippen LogP) is 3.60. The maximum Gasteiger partial charge on any atom is 0.171 e. The first-order valence-corrected chi connectivity index (χ1v) is 6.54. The number of ether oxygens (including phenoxy) is 2. The molecule has 3 heteroatoms. The van der Waals surface area contributed by atoms with Crippen LogP contribution in [0, 0.1) is 0 Å². The van der Waals surface area contributed by atoms with Gasteiger partial charge in [-0.25, -0.2) is 0 Å². The molecule has 0 aliphatic heterocycles. The molecule has 0 N–H and O–H groups in total. The van der Waals surface area contributed by atoms with Gasteiger partial charge in [0.25, 0.3) is 0 Å². The van der Waals surface area contributed by atoms with Crippen LogP contribution in [0.25, 0.3) is 0 Å². The van der Waals surface area contributed by atoms with E-state index < -0.39 is 0 Å². The molecular weight excluding hydrogens is 264 g/mol. The first-order valence-electron chi connectivity index (χ1n) is 6.54. The molecule has 0 saturated heterocycles. The van der Waals surface area contributed by atoms with E-state index in [0.717, 1.165) is 5.56 Å². The van der Waals surface area contributed by atoms with Gasteiger partial charge in [0.05, 0.1) is 12.7 Å². The summed E-state index contributed by atoms with van der Waals surface area (Å²) in [6.45, 7) is 11.3. The lowest BCUT2D eigenvalue weighted by molar-refractivity contribution is -0.114. The van der Waals surface area contributed by atoms with Gasteiger partial charge in [-0.2, -0.15) is 0 Å². The van der Waals surface area contributed by atoms with Gasteiger partial charge in [0.2, 0.25) is 0 Å². The Morgan fingerprint density at radius 2 is 1.90 bits per heavy atom. The number of Topliss-reactive ketones (excluding diaryl/α,β-unsaturated/α-hetero) is 1. The van der Waals surface area contributed by atoms with Gasteiger partial charge in [0.15, 0.2) is 17.3 Å². The van der Waals surface area contributed by atoms with Crippen molar-refractivity contribution >= 4 is 5.78 Å². The molecule has 1 aromatic carbocycles. The highest BCUT2D eigenvalue weighted by atomic mass is 16.5. The van der Waals surface area contributed by atoms with Crippen LogP contribution >= 0.6 is 0 Å². The van der Waals surface area contributed by atoms with Crippen LogP contribution in [0.5, 0.6) is 0 Å². The summed E-state index contributed by atoms with van der Waals surface area (Å²) in [5, 5.41) is 0. The van der Waals surface area contributed by atoms with Gasteiger partial charge in [-0.3, -0.25) is 4.79 Å². The van der Waals surface area contributed by atoms with Crippen molar-refractivity contribution in [2.45, 2.75) is 6.42 Å². The van der Waals surface area contributed by atoms with Gasteiger partial charge in [0, 0.05) is 6.42 Å². The number of hydrogen-bond acceptors (Lipinski definition) is 3. The molecule has 0 atom stereocenters. The van der Waals surface area contributed by atoms with Gasteiger partial charge >= 0.3 is 0 Å². The number of benzene rings is 1. The highest BCUT2D eigenvalue weighted by molar-refractivity contribution is 6.00. The monoisotopic (exact) mass is 284 g/mol. The quantitative estimate of drug-likeness (QED) is 0.301. The molecule has 0 aliphatic carbocycles. The lowest BCUT2D eigenvalue weighted by atomic mass is 10.0. The smallest absolute Gasteiger partial charge is 0.171 e. The Balaban J connectivity index is 3.06. The molecule has 21 heavy (non-hydrogen) atoms. The summed E-state index contributed by atoms with van der Waals surface area (Å²) in [6, 6.07) is 9.48. The molecule has 0 fully saturated rings. The Hall–Kier alpha value is -2.55. The number of ketones is 1. The summed E-state index contributed by atoms with van der Waals surface area (Å²) in [7, 11) is 1.47. The van der Waals surface area contributed by atoms with E-state index >= 15 is 0 Å². The molecular formula is C18H20O3. The maximum absolute atomic E-state index is 12.4. The molecule has 1 aromatic rings. The average molecular weight is 284 g/mol. The first kappa shape index (κ1) is 16.5. The topological polar surface area (TPSA) is 35.5 Å². The fourth-order valence-corrected chi connectivity index (χ4v) is 1.75. The summed E-state index contributed by atoms with van der Waals surface area (Å²) < 4.78 is 10.6. The molecule has 3 nitrogen and oxygen atoms in total. The van der Waals surface area contributed by atoms with E-state index in [9.17, 15) is 4.79 Å². The van der Waals surface area contributed by atoms with Crippen molar-refractivity contribution in [3.05, 3.63) is 84.9 Å². The third-order valence-corrected chi connectivity index (χ3v) is 2.80. The van der Waals surface area contributed by atoms with Crippen LogP contribution in [0.1, 0.15) is 5.56 Å². The van der Waals surface area contributed by atoms with Gasteiger partial charge in [-0.1, -0.05) is 62.2 Å². The van der Waals surface area contributed by atoms with Crippen LogP contribution in [0.3, 0.4) is 0 Å². The minimum absolute atomic E-state index is 0.103. The zero-order valence-electron chi connectivity index (χ0n) is 12.3. The third-order valence-electron chi connectivity index (χ3n) is 2.80. The van der Waals surface area contributed by atoms with E-state index in [1.807, 2.05) is 30.3 Å². The van der Waals surface area contributed by atoms with Crippen molar-refractivity contribution in [1.82, 2.24) is 0 Å². The maximum atomic E-state index is 12.4. The summed E-state index contributed by atoms with van der Waals surface area (Å²) in [5.41, 5.74) is 1.28. The minimum Gasteiger partial charge on any atom is -0.493 e. The van der Waals surface area contributed by atoms with Crippen molar-refractivity contribution < 1.29 is 14.3 Å². The minimum atomic E-state index is -0.103. The van der Waals surface area contributed by atoms with Crippen LogP contribution in [0.15, 0.2) is 79.3 Å². The van der Waals surface area contributed by atoms with E-state index in [0.29, 0.717) is 11.3 Å². The number of carbonyl (C=O) groups excluding carboxylic acids is 1. The lowest BCUT2D eigenvalue weighted by Crippen LogP contribution is -2.11. The SMILES string of the molecule is C=CCO/C(C(=C)OC)=C(/C=C)C(=O)Cc1ccccc1. The summed E-state index contributed by atoms with van der Waals surface area (Å²) in [5.74, 6) is 0.481. The molecule has 0 heterocycles. The van der Waals surface area contributed by atoms with Gasteiger partial charge in [-0.05, 0) is 5.56 Å². The highest BCUT2D eigenvalue weighted by Gasteiger charge is 2.17. The van der Waals surface area contributed by atoms with Crippen LogP contribution in [0.4, 0.5) is 0 Å². The Kier molecular flexibility index (Phi) is 6.75. The summed E-state index contributed by atoms with van der Waals surface area (Å²) in [4.78, 5) is 12.4. The van der Waals surface area contributed by atoms with E-state index in [-0.39, 0.29) is 24.6 Å². The summed E-state index contributed by atoms with van der Waals surface area (Å²) in [6.07, 6.45) is 3.32. The molecule has 110 valence electrons. The zero-order valence-corrected chi connectivity index (χ0v) is 12.3. The molecule has 0 saturated carbocycles. The van der Waals surface area contributed by atoms with Crippen LogP contribution < -0.4 is 0 Å². The molecule has 0 aromatic heterocycles. The Morgan fingerprint density at radius 1 is 1.24 bits per heavy atom. The molecule has 0 bridgehead atoms. The van der Waals surface area contributed by atoms with Gasteiger partial charge in [-0.15, -0.1) is 0 Å². The second-order valence-corrected chi connectivity index (χ2v) is 4.26. The third kappa shape index (κ3) is 4.80. The normalized spacial score (nSPS) is 11.1. The molecule has 0 aliphatic rings. The number of methoxy groups -OCH3 is 1. The number of carbonyl (C=O) groups is 1. The van der Waals surface area contributed by atoms with E-state index in [2.05, 4.69) is 19.7 Å². The van der Waals surface area contributed by atoms with Crippen molar-refractivity contribution in [3.63, 3.8) is 0 Å². The molecule has 0 amide bonds. The second-order valence-electron chi connectivity index (χ2n) is 4.26. The van der Waals surface area contributed by atoms with Crippen molar-refractivity contribution in [2.75, 3.05) is 13.7 Å².